The summed E-state index contributed by atoms with van der Waals surface area (Å²) >= 11 is 0. The molecular weight excluding hydrogens is 380 g/mol. The van der Waals surface area contributed by atoms with Crippen molar-refractivity contribution in [3.63, 3.8) is 0 Å². The van der Waals surface area contributed by atoms with E-state index in [0.717, 1.165) is 33.4 Å². The highest BCUT2D eigenvalue weighted by atomic mass is 16.5. The number of rotatable bonds is 6. The number of nitrogens with zero attached hydrogens (tertiary/aromatic N) is 1. The van der Waals surface area contributed by atoms with Crippen LogP contribution in [0.1, 0.15) is 46.7 Å². The molecule has 1 unspecified atom stereocenters. The maximum atomic E-state index is 12.7. The average molecular weight is 408 g/mol. The van der Waals surface area contributed by atoms with Crippen molar-refractivity contribution in [3.05, 3.63) is 69.8 Å². The third-order valence-corrected chi connectivity index (χ3v) is 5.63. The molecule has 1 atom stereocenters. The molecule has 0 amide bonds. The molecule has 0 aromatic heterocycles. The number of hydrogen-bond acceptors (Lipinski definition) is 6. The van der Waals surface area contributed by atoms with E-state index < -0.39 is 17.5 Å². The zero-order valence-corrected chi connectivity index (χ0v) is 18.2. The minimum absolute atomic E-state index is 0.115. The van der Waals surface area contributed by atoms with Crippen LogP contribution >= 0.6 is 0 Å². The van der Waals surface area contributed by atoms with Gasteiger partial charge in [0.1, 0.15) is 18.9 Å². The molecule has 2 aromatic carbocycles. The summed E-state index contributed by atoms with van der Waals surface area (Å²) in [5.41, 5.74) is 8.09. The summed E-state index contributed by atoms with van der Waals surface area (Å²) in [6.07, 6.45) is 0.115. The molecule has 0 radical (unpaired) electrons. The Hall–Kier alpha value is -3.15. The number of hydrazone groups is 1. The summed E-state index contributed by atoms with van der Waals surface area (Å²) in [7, 11) is 0. The smallest absolute Gasteiger partial charge is 0.354 e. The Kier molecular flexibility index (Phi) is 6.25. The second-order valence-electron chi connectivity index (χ2n) is 8.07. The van der Waals surface area contributed by atoms with E-state index in [-0.39, 0.29) is 25.3 Å². The molecule has 3 rings (SSSR count). The van der Waals surface area contributed by atoms with Crippen molar-refractivity contribution in [2.75, 3.05) is 0 Å². The predicted octanol–water partition coefficient (Wildman–Crippen LogP) is 3.81. The molecule has 6 nitrogen and oxygen atoms in total. The van der Waals surface area contributed by atoms with E-state index in [1.165, 1.54) is 0 Å². The maximum absolute atomic E-state index is 12.7. The molecule has 2 aromatic rings. The fraction of sp³-hybridized carbons (Fsp3) is 0.375. The van der Waals surface area contributed by atoms with Crippen molar-refractivity contribution in [2.45, 2.75) is 59.8 Å². The maximum Gasteiger partial charge on any atom is 0.354 e. The number of benzene rings is 2. The summed E-state index contributed by atoms with van der Waals surface area (Å²) < 4.78 is 11.0. The molecule has 0 aliphatic carbocycles. The fourth-order valence-electron chi connectivity index (χ4n) is 3.51. The number of esters is 2. The molecular formula is C24H28N2O4. The van der Waals surface area contributed by atoms with Gasteiger partial charge >= 0.3 is 11.9 Å². The van der Waals surface area contributed by atoms with Crippen LogP contribution in [0.4, 0.5) is 0 Å². The largest absolute Gasteiger partial charge is 0.459 e. The minimum Gasteiger partial charge on any atom is -0.459 e. The SMILES string of the molecule is Cc1cccc(C)c1COC(=O)C1=NNC(C)(C(=O)OCc2c(C)cccc2C)C1. The van der Waals surface area contributed by atoms with Crippen molar-refractivity contribution < 1.29 is 19.1 Å². The van der Waals surface area contributed by atoms with Gasteiger partial charge in [0.2, 0.25) is 0 Å². The number of carbonyl (C=O) groups is 2. The van der Waals surface area contributed by atoms with Gasteiger partial charge in [0, 0.05) is 6.42 Å². The average Bonchev–Trinajstić information content (AvgIpc) is 3.10. The standard InChI is InChI=1S/C24H28N2O4/c1-15-8-6-9-16(2)19(15)13-29-22(27)21-12-24(5,26-25-21)23(28)30-14-20-17(3)10-7-11-18(20)4/h6-11,26H,12-14H2,1-5H3. The molecule has 0 saturated heterocycles. The first kappa shape index (κ1) is 21.6. The van der Waals surface area contributed by atoms with E-state index in [2.05, 4.69) is 10.5 Å². The van der Waals surface area contributed by atoms with E-state index in [4.69, 9.17) is 9.47 Å². The van der Waals surface area contributed by atoms with Crippen LogP contribution in [0.3, 0.4) is 0 Å². The van der Waals surface area contributed by atoms with Gasteiger partial charge in [-0.2, -0.15) is 5.10 Å². The van der Waals surface area contributed by atoms with E-state index >= 15 is 0 Å². The molecule has 158 valence electrons. The molecule has 1 N–H and O–H groups in total. The van der Waals surface area contributed by atoms with Crippen molar-refractivity contribution in [2.24, 2.45) is 5.10 Å². The van der Waals surface area contributed by atoms with Crippen LogP contribution in [-0.2, 0) is 32.3 Å². The van der Waals surface area contributed by atoms with Crippen LogP contribution < -0.4 is 5.43 Å². The third kappa shape index (κ3) is 4.53. The Morgan fingerprint density at radius 1 is 0.900 bits per heavy atom. The normalized spacial score (nSPS) is 17.8. The molecule has 6 heteroatoms. The number of aryl methyl sites for hydroxylation is 4. The monoisotopic (exact) mass is 408 g/mol. The van der Waals surface area contributed by atoms with Gasteiger partial charge in [-0.3, -0.25) is 5.43 Å². The van der Waals surface area contributed by atoms with Gasteiger partial charge < -0.3 is 9.47 Å². The lowest BCUT2D eigenvalue weighted by molar-refractivity contribution is -0.151. The molecule has 0 fully saturated rings. The molecule has 0 saturated carbocycles. The predicted molar refractivity (Wildman–Crippen MR) is 115 cm³/mol. The van der Waals surface area contributed by atoms with E-state index in [1.54, 1.807) is 6.92 Å². The van der Waals surface area contributed by atoms with Crippen LogP contribution in [0, 0.1) is 27.7 Å². The highest BCUT2D eigenvalue weighted by Gasteiger charge is 2.42. The lowest BCUT2D eigenvalue weighted by Gasteiger charge is -2.22. The first-order valence-electron chi connectivity index (χ1n) is 9.99. The Bertz CT molecular complexity index is 972. The first-order chi connectivity index (χ1) is 14.2. The zero-order chi connectivity index (χ0) is 21.9. The Morgan fingerprint density at radius 3 is 1.87 bits per heavy atom. The summed E-state index contributed by atoms with van der Waals surface area (Å²) in [6.45, 7) is 9.96. The molecule has 30 heavy (non-hydrogen) atoms. The van der Waals surface area contributed by atoms with E-state index in [0.29, 0.717) is 0 Å². The number of nitrogens with one attached hydrogen (secondary N) is 1. The zero-order valence-electron chi connectivity index (χ0n) is 18.2. The lowest BCUT2D eigenvalue weighted by Crippen LogP contribution is -2.45. The Balaban J connectivity index is 1.57. The van der Waals surface area contributed by atoms with Gasteiger partial charge in [0.15, 0.2) is 5.54 Å². The van der Waals surface area contributed by atoms with Crippen LogP contribution in [0.15, 0.2) is 41.5 Å². The molecule has 1 aliphatic rings. The highest BCUT2D eigenvalue weighted by Crippen LogP contribution is 2.22. The van der Waals surface area contributed by atoms with Crippen molar-refractivity contribution in [1.82, 2.24) is 5.43 Å². The van der Waals surface area contributed by atoms with Gasteiger partial charge in [0.05, 0.1) is 0 Å². The van der Waals surface area contributed by atoms with Crippen LogP contribution in [0.25, 0.3) is 0 Å². The van der Waals surface area contributed by atoms with Gasteiger partial charge in [-0.25, -0.2) is 9.59 Å². The summed E-state index contributed by atoms with van der Waals surface area (Å²) in [4.78, 5) is 25.2. The van der Waals surface area contributed by atoms with Crippen LogP contribution in [0.5, 0.6) is 0 Å². The van der Waals surface area contributed by atoms with Crippen LogP contribution in [0.2, 0.25) is 0 Å². The van der Waals surface area contributed by atoms with Gasteiger partial charge in [0.25, 0.3) is 0 Å². The quantitative estimate of drug-likeness (QED) is 0.736. The van der Waals surface area contributed by atoms with Crippen molar-refractivity contribution in [1.29, 1.82) is 0 Å². The molecule has 0 bridgehead atoms. The molecule has 1 heterocycles. The molecule has 1 aliphatic heterocycles. The van der Waals surface area contributed by atoms with Crippen molar-refractivity contribution in [3.8, 4) is 0 Å². The second kappa shape index (κ2) is 8.69. The van der Waals surface area contributed by atoms with Gasteiger partial charge in [-0.05, 0) is 68.0 Å². The number of hydrogen-bond donors (Lipinski definition) is 1. The van der Waals surface area contributed by atoms with Crippen LogP contribution in [-0.4, -0.2) is 23.2 Å². The summed E-state index contributed by atoms with van der Waals surface area (Å²) in [6, 6.07) is 11.9. The van der Waals surface area contributed by atoms with E-state index in [1.807, 2.05) is 64.1 Å². The summed E-state index contributed by atoms with van der Waals surface area (Å²) in [5.74, 6) is -0.983. The first-order valence-corrected chi connectivity index (χ1v) is 9.99. The Morgan fingerprint density at radius 2 is 1.37 bits per heavy atom. The van der Waals surface area contributed by atoms with Gasteiger partial charge in [-0.1, -0.05) is 36.4 Å². The number of ether oxygens (including phenoxy) is 2. The van der Waals surface area contributed by atoms with Gasteiger partial charge in [-0.15, -0.1) is 0 Å². The second-order valence-corrected chi connectivity index (χ2v) is 8.07. The van der Waals surface area contributed by atoms with Crippen molar-refractivity contribution >= 4 is 17.7 Å². The lowest BCUT2D eigenvalue weighted by atomic mass is 9.97. The highest BCUT2D eigenvalue weighted by molar-refractivity contribution is 6.37. The third-order valence-electron chi connectivity index (χ3n) is 5.63. The molecule has 0 spiro atoms. The fourth-order valence-corrected chi connectivity index (χ4v) is 3.51. The minimum atomic E-state index is -1.09. The topological polar surface area (TPSA) is 77.0 Å². The summed E-state index contributed by atoms with van der Waals surface area (Å²) in [5, 5.41) is 4.05. The Labute approximate surface area is 177 Å². The van der Waals surface area contributed by atoms with E-state index in [9.17, 15) is 9.59 Å². The number of carbonyl (C=O) groups excluding carboxylic acids is 2.